The van der Waals surface area contributed by atoms with E-state index >= 15 is 0 Å². The van der Waals surface area contributed by atoms with E-state index in [0.717, 1.165) is 18.2 Å². The number of hydrogen-bond acceptors (Lipinski definition) is 7. The fourth-order valence-corrected chi connectivity index (χ4v) is 2.17. The van der Waals surface area contributed by atoms with Crippen LogP contribution in [0.3, 0.4) is 0 Å². The van der Waals surface area contributed by atoms with Gasteiger partial charge in [-0.25, -0.2) is 14.4 Å². The molecule has 7 heteroatoms. The predicted octanol–water partition coefficient (Wildman–Crippen LogP) is 2.49. The molecule has 1 fully saturated rings. The molecule has 0 unspecified atom stereocenters. The quantitative estimate of drug-likeness (QED) is 0.352. The zero-order chi connectivity index (χ0) is 20.5. The maximum atomic E-state index is 11.1. The lowest BCUT2D eigenvalue weighted by atomic mass is 9.92. The molecule has 0 aromatic carbocycles. The Bertz CT molecular complexity index is 435. The molecule has 0 aliphatic heterocycles. The van der Waals surface area contributed by atoms with Gasteiger partial charge in [-0.1, -0.05) is 58.3 Å². The summed E-state index contributed by atoms with van der Waals surface area (Å²) < 4.78 is 14.5. The monoisotopic (exact) mass is 382 g/mol. The van der Waals surface area contributed by atoms with Gasteiger partial charge in [-0.05, 0) is 0 Å². The molecule has 0 bridgehead atoms. The molecule has 0 heterocycles. The molecular formula is C20H30O7. The lowest BCUT2D eigenvalue weighted by Crippen LogP contribution is -2.42. The number of hydrogen-bond donors (Lipinski definition) is 1. The molecule has 1 saturated carbocycles. The van der Waals surface area contributed by atoms with Gasteiger partial charge in [-0.15, -0.1) is 0 Å². The topological polar surface area (TPSA) is 99.1 Å². The van der Waals surface area contributed by atoms with Crippen molar-refractivity contribution in [2.75, 3.05) is 26.4 Å². The molecule has 1 N–H and O–H groups in total. The second-order valence-electron chi connectivity index (χ2n) is 6.21. The Kier molecular flexibility index (Phi) is 13.4. The first-order valence-corrected chi connectivity index (χ1v) is 8.91. The number of rotatable bonds is 10. The SMILES string of the molecule is C1CCCCC1.C=CC(=O)OCC(CO)(COC(=O)C=C)COC(=O)C=C. The van der Waals surface area contributed by atoms with Crippen molar-refractivity contribution in [3.05, 3.63) is 38.0 Å². The van der Waals surface area contributed by atoms with Gasteiger partial charge in [0, 0.05) is 18.2 Å². The lowest BCUT2D eigenvalue weighted by Gasteiger charge is -2.29. The summed E-state index contributed by atoms with van der Waals surface area (Å²) in [6.07, 6.45) is 11.8. The summed E-state index contributed by atoms with van der Waals surface area (Å²) in [5, 5.41) is 9.48. The highest BCUT2D eigenvalue weighted by molar-refractivity contribution is 5.82. The first-order chi connectivity index (χ1) is 12.9. The van der Waals surface area contributed by atoms with Crippen LogP contribution in [0.25, 0.3) is 0 Å². The first kappa shape index (κ1) is 24.6. The van der Waals surface area contributed by atoms with E-state index in [1.165, 1.54) is 38.5 Å². The predicted molar refractivity (Wildman–Crippen MR) is 101 cm³/mol. The van der Waals surface area contributed by atoms with Crippen LogP contribution in [0, 0.1) is 5.41 Å². The third-order valence-electron chi connectivity index (χ3n) is 3.90. The van der Waals surface area contributed by atoms with Crippen LogP contribution < -0.4 is 0 Å². The Hall–Kier alpha value is -2.41. The number of carbonyl (C=O) groups is 3. The summed E-state index contributed by atoms with van der Waals surface area (Å²) in [6.45, 7) is 8.14. The Balaban J connectivity index is 0.000000941. The van der Waals surface area contributed by atoms with Crippen LogP contribution >= 0.6 is 0 Å². The third-order valence-corrected chi connectivity index (χ3v) is 3.90. The highest BCUT2D eigenvalue weighted by Crippen LogP contribution is 2.19. The maximum absolute atomic E-state index is 11.1. The van der Waals surface area contributed by atoms with Gasteiger partial charge in [0.15, 0.2) is 0 Å². The highest BCUT2D eigenvalue weighted by atomic mass is 16.6. The molecule has 0 aromatic heterocycles. The minimum Gasteiger partial charge on any atom is -0.462 e. The van der Waals surface area contributed by atoms with E-state index in [2.05, 4.69) is 19.7 Å². The van der Waals surface area contributed by atoms with Gasteiger partial charge < -0.3 is 19.3 Å². The summed E-state index contributed by atoms with van der Waals surface area (Å²) in [6, 6.07) is 0. The van der Waals surface area contributed by atoms with Crippen molar-refractivity contribution in [1.82, 2.24) is 0 Å². The number of carbonyl (C=O) groups excluding carboxylic acids is 3. The van der Waals surface area contributed by atoms with Gasteiger partial charge in [-0.3, -0.25) is 0 Å². The van der Waals surface area contributed by atoms with Gasteiger partial charge >= 0.3 is 17.9 Å². The standard InChI is InChI=1S/C14H18O7.C6H12/c1-4-11(16)19-8-14(7-15,9-20-12(17)5-2)10-21-13(18)6-3;1-2-4-6-5-3-1/h4-6,15H,1-3,7-10H2;1-6H2. The van der Waals surface area contributed by atoms with Crippen LogP contribution in [0.4, 0.5) is 0 Å². The normalized spacial score (nSPS) is 13.2. The zero-order valence-corrected chi connectivity index (χ0v) is 15.8. The second kappa shape index (κ2) is 14.7. The van der Waals surface area contributed by atoms with Crippen LogP contribution in [0.15, 0.2) is 38.0 Å². The third kappa shape index (κ3) is 11.8. The summed E-state index contributed by atoms with van der Waals surface area (Å²) >= 11 is 0. The van der Waals surface area contributed by atoms with Crippen molar-refractivity contribution in [3.8, 4) is 0 Å². The lowest BCUT2D eigenvalue weighted by molar-refractivity contribution is -0.159. The zero-order valence-electron chi connectivity index (χ0n) is 15.8. The van der Waals surface area contributed by atoms with E-state index in [4.69, 9.17) is 14.2 Å². The van der Waals surface area contributed by atoms with Gasteiger partial charge in [0.25, 0.3) is 0 Å². The van der Waals surface area contributed by atoms with Crippen LogP contribution in [0.5, 0.6) is 0 Å². The van der Waals surface area contributed by atoms with Crippen molar-refractivity contribution in [2.24, 2.45) is 5.41 Å². The first-order valence-electron chi connectivity index (χ1n) is 8.91. The summed E-state index contributed by atoms with van der Waals surface area (Å²) in [5.74, 6) is -2.17. The highest BCUT2D eigenvalue weighted by Gasteiger charge is 2.35. The Morgan fingerprint density at radius 3 is 1.15 bits per heavy atom. The molecule has 0 aromatic rings. The Morgan fingerprint density at radius 2 is 0.963 bits per heavy atom. The van der Waals surface area contributed by atoms with Gasteiger partial charge in [-0.2, -0.15) is 0 Å². The van der Waals surface area contributed by atoms with E-state index in [1.807, 2.05) is 0 Å². The van der Waals surface area contributed by atoms with Gasteiger partial charge in [0.05, 0.1) is 12.0 Å². The number of esters is 3. The van der Waals surface area contributed by atoms with E-state index in [-0.39, 0.29) is 19.8 Å². The van der Waals surface area contributed by atoms with E-state index in [1.54, 1.807) is 0 Å². The molecule has 27 heavy (non-hydrogen) atoms. The molecular weight excluding hydrogens is 352 g/mol. The number of ether oxygens (including phenoxy) is 3. The summed E-state index contributed by atoms with van der Waals surface area (Å²) in [5.41, 5.74) is -1.28. The Labute approximate surface area is 160 Å². The summed E-state index contributed by atoms with van der Waals surface area (Å²) in [7, 11) is 0. The van der Waals surface area contributed by atoms with E-state index in [9.17, 15) is 19.5 Å². The van der Waals surface area contributed by atoms with Gasteiger partial charge in [0.1, 0.15) is 19.8 Å². The van der Waals surface area contributed by atoms with Crippen LogP contribution in [0.2, 0.25) is 0 Å². The minimum absolute atomic E-state index is 0.330. The van der Waals surface area contributed by atoms with Gasteiger partial charge in [0.2, 0.25) is 0 Å². The smallest absolute Gasteiger partial charge is 0.330 e. The van der Waals surface area contributed by atoms with Crippen LogP contribution in [-0.2, 0) is 28.6 Å². The second-order valence-corrected chi connectivity index (χ2v) is 6.21. The molecule has 152 valence electrons. The van der Waals surface area contributed by atoms with Crippen molar-refractivity contribution in [1.29, 1.82) is 0 Å². The summed E-state index contributed by atoms with van der Waals surface area (Å²) in [4.78, 5) is 33.3. The molecule has 0 saturated heterocycles. The molecule has 0 spiro atoms. The largest absolute Gasteiger partial charge is 0.462 e. The number of aliphatic hydroxyl groups is 1. The van der Waals surface area contributed by atoms with E-state index in [0.29, 0.717) is 0 Å². The van der Waals surface area contributed by atoms with Crippen LogP contribution in [-0.4, -0.2) is 49.4 Å². The molecule has 1 rings (SSSR count). The van der Waals surface area contributed by atoms with Crippen molar-refractivity contribution >= 4 is 17.9 Å². The van der Waals surface area contributed by atoms with Crippen LogP contribution in [0.1, 0.15) is 38.5 Å². The fourth-order valence-electron chi connectivity index (χ4n) is 2.17. The minimum atomic E-state index is -1.28. The molecule has 1 aliphatic rings. The van der Waals surface area contributed by atoms with Crippen molar-refractivity contribution in [2.45, 2.75) is 38.5 Å². The van der Waals surface area contributed by atoms with Crippen molar-refractivity contribution < 1.29 is 33.7 Å². The average molecular weight is 382 g/mol. The molecule has 0 atom stereocenters. The fraction of sp³-hybridized carbons (Fsp3) is 0.550. The molecule has 7 nitrogen and oxygen atoms in total. The maximum Gasteiger partial charge on any atom is 0.330 e. The number of aliphatic hydroxyl groups excluding tert-OH is 1. The molecule has 1 aliphatic carbocycles. The Morgan fingerprint density at radius 1 is 0.704 bits per heavy atom. The van der Waals surface area contributed by atoms with Crippen molar-refractivity contribution in [3.63, 3.8) is 0 Å². The molecule has 0 amide bonds. The molecule has 0 radical (unpaired) electrons. The van der Waals surface area contributed by atoms with E-state index < -0.39 is 29.9 Å². The average Bonchev–Trinajstić information content (AvgIpc) is 2.74.